The van der Waals surface area contributed by atoms with Crippen molar-refractivity contribution in [2.24, 2.45) is 0 Å². The van der Waals surface area contributed by atoms with Gasteiger partial charge in [0.2, 0.25) is 0 Å². The van der Waals surface area contributed by atoms with Gasteiger partial charge in [0.05, 0.1) is 37.4 Å². The maximum Gasteiger partial charge on any atom is 0.252 e. The lowest BCUT2D eigenvalue weighted by Gasteiger charge is -2.19. The Morgan fingerprint density at radius 1 is 1.19 bits per heavy atom. The number of amides is 1. The fraction of sp³-hybridized carbons (Fsp3) is 0.200. The topological polar surface area (TPSA) is 37.6 Å². The molecule has 1 aromatic heterocycles. The first-order valence-corrected chi connectivity index (χ1v) is 9.63. The van der Waals surface area contributed by atoms with Gasteiger partial charge in [0, 0.05) is 11.1 Å². The van der Waals surface area contributed by atoms with E-state index in [0.717, 1.165) is 27.5 Å². The van der Waals surface area contributed by atoms with Crippen LogP contribution in [0.5, 0.6) is 0 Å². The van der Waals surface area contributed by atoms with Crippen LogP contribution >= 0.6 is 22.9 Å². The van der Waals surface area contributed by atoms with Crippen molar-refractivity contribution in [1.29, 1.82) is 0 Å². The average molecular weight is 387 g/mol. The molecule has 1 heterocycles. The molecule has 0 aliphatic carbocycles. The zero-order chi connectivity index (χ0) is 18.5. The summed E-state index contributed by atoms with van der Waals surface area (Å²) >= 11 is 7.71. The minimum atomic E-state index is -0.0924. The lowest BCUT2D eigenvalue weighted by molar-refractivity contribution is -0.856. The lowest BCUT2D eigenvalue weighted by Crippen LogP contribution is -3.06. The van der Waals surface area contributed by atoms with E-state index < -0.39 is 0 Å². The first-order chi connectivity index (χ1) is 12.5. The number of carbonyl (C=O) groups is 1. The van der Waals surface area contributed by atoms with E-state index in [2.05, 4.69) is 19.1 Å². The molecule has 0 saturated carbocycles. The summed E-state index contributed by atoms with van der Waals surface area (Å²) in [4.78, 5) is 20.5. The van der Waals surface area contributed by atoms with Crippen LogP contribution in [0.15, 0.2) is 54.6 Å². The minimum absolute atomic E-state index is 0.0924. The molecule has 4 nitrogen and oxygen atoms in total. The van der Waals surface area contributed by atoms with E-state index in [1.165, 1.54) is 16.2 Å². The summed E-state index contributed by atoms with van der Waals surface area (Å²) in [5.74, 6) is -0.0924. The highest BCUT2D eigenvalue weighted by Crippen LogP contribution is 2.28. The Kier molecular flexibility index (Phi) is 6.04. The van der Waals surface area contributed by atoms with E-state index >= 15 is 0 Å². The Balaban J connectivity index is 1.87. The van der Waals surface area contributed by atoms with Crippen LogP contribution in [-0.2, 0) is 4.79 Å². The minimum Gasteiger partial charge on any atom is -0.338 e. The second-order valence-electron chi connectivity index (χ2n) is 6.27. The fourth-order valence-electron chi connectivity index (χ4n) is 2.47. The molecule has 0 unspecified atom stereocenters. The summed E-state index contributed by atoms with van der Waals surface area (Å²) < 4.78 is 1.08. The maximum atomic E-state index is 12.9. The summed E-state index contributed by atoms with van der Waals surface area (Å²) in [5.41, 5.74) is 1.74. The van der Waals surface area contributed by atoms with Gasteiger partial charge in [-0.05, 0) is 29.8 Å². The van der Waals surface area contributed by atoms with Crippen molar-refractivity contribution in [3.05, 3.63) is 65.2 Å². The molecule has 134 valence electrons. The van der Waals surface area contributed by atoms with Gasteiger partial charge in [-0.15, -0.1) is 0 Å². The van der Waals surface area contributed by atoms with Crippen LogP contribution in [0.1, 0.15) is 5.56 Å². The summed E-state index contributed by atoms with van der Waals surface area (Å²) in [5, 5.41) is 1.35. The third-order valence-corrected chi connectivity index (χ3v) is 5.33. The number of thiazole rings is 1. The molecule has 0 spiro atoms. The quantitative estimate of drug-likeness (QED) is 0.661. The number of quaternary nitrogens is 1. The molecule has 0 radical (unpaired) electrons. The monoisotopic (exact) mass is 386 g/mol. The van der Waals surface area contributed by atoms with Gasteiger partial charge in [0.15, 0.2) is 5.13 Å². The van der Waals surface area contributed by atoms with Gasteiger partial charge in [-0.3, -0.25) is 9.69 Å². The molecule has 0 aliphatic rings. The van der Waals surface area contributed by atoms with Crippen molar-refractivity contribution < 1.29 is 9.69 Å². The molecule has 6 heteroatoms. The predicted octanol–water partition coefficient (Wildman–Crippen LogP) is 3.14. The van der Waals surface area contributed by atoms with Crippen LogP contribution in [0.3, 0.4) is 0 Å². The van der Waals surface area contributed by atoms with Crippen LogP contribution in [-0.4, -0.2) is 38.1 Å². The van der Waals surface area contributed by atoms with Crippen molar-refractivity contribution in [3.63, 3.8) is 0 Å². The van der Waals surface area contributed by atoms with Crippen molar-refractivity contribution in [1.82, 2.24) is 4.98 Å². The van der Waals surface area contributed by atoms with Crippen molar-refractivity contribution in [3.8, 4) is 0 Å². The van der Waals surface area contributed by atoms with Crippen molar-refractivity contribution in [2.45, 2.75) is 0 Å². The Labute approximate surface area is 162 Å². The van der Waals surface area contributed by atoms with E-state index in [9.17, 15) is 4.79 Å². The number of carbonyl (C=O) groups excluding carboxylic acids is 1. The molecule has 1 N–H and O–H groups in total. The molecular weight excluding hydrogens is 366 g/mol. The zero-order valence-corrected chi connectivity index (χ0v) is 16.3. The summed E-state index contributed by atoms with van der Waals surface area (Å²) in [6, 6.07) is 15.4. The largest absolute Gasteiger partial charge is 0.338 e. The van der Waals surface area contributed by atoms with E-state index in [1.54, 1.807) is 17.1 Å². The molecule has 0 fully saturated rings. The molecule has 3 rings (SSSR count). The number of nitrogens with one attached hydrogen (secondary N) is 1. The van der Waals surface area contributed by atoms with Crippen molar-refractivity contribution in [2.75, 3.05) is 32.1 Å². The highest BCUT2D eigenvalue weighted by atomic mass is 35.5. The Hall–Kier alpha value is -2.21. The predicted molar refractivity (Wildman–Crippen MR) is 110 cm³/mol. The molecule has 0 aliphatic heterocycles. The van der Waals surface area contributed by atoms with Gasteiger partial charge in [-0.1, -0.05) is 53.3 Å². The van der Waals surface area contributed by atoms with E-state index in [4.69, 9.17) is 11.6 Å². The summed E-state index contributed by atoms with van der Waals surface area (Å²) in [7, 11) is 4.14. The van der Waals surface area contributed by atoms with E-state index in [1.807, 2.05) is 48.5 Å². The number of hydrogen-bond acceptors (Lipinski definition) is 3. The highest BCUT2D eigenvalue weighted by Gasteiger charge is 2.18. The van der Waals surface area contributed by atoms with Gasteiger partial charge in [-0.25, -0.2) is 4.98 Å². The smallest absolute Gasteiger partial charge is 0.252 e. The molecule has 0 bridgehead atoms. The van der Waals surface area contributed by atoms with Gasteiger partial charge in [0.25, 0.3) is 5.91 Å². The van der Waals surface area contributed by atoms with Gasteiger partial charge < -0.3 is 4.90 Å². The number of rotatable bonds is 6. The van der Waals surface area contributed by atoms with E-state index in [0.29, 0.717) is 11.6 Å². The van der Waals surface area contributed by atoms with Gasteiger partial charge in [0.1, 0.15) is 0 Å². The normalized spacial score (nSPS) is 11.5. The van der Waals surface area contributed by atoms with E-state index in [-0.39, 0.29) is 5.91 Å². The van der Waals surface area contributed by atoms with Crippen LogP contribution in [0, 0.1) is 0 Å². The number of anilines is 1. The van der Waals surface area contributed by atoms with Crippen molar-refractivity contribution >= 4 is 50.3 Å². The molecular formula is C20H21ClN3OS+. The number of likely N-dealkylation sites (N-methyl/N-ethyl adjacent to an activating group) is 1. The summed E-state index contributed by atoms with van der Waals surface area (Å²) in [6.07, 6.45) is 3.33. The first kappa shape index (κ1) is 18.6. The number of benzene rings is 2. The summed E-state index contributed by atoms with van der Waals surface area (Å²) in [6.45, 7) is 1.44. The molecule has 26 heavy (non-hydrogen) atoms. The third-order valence-electron chi connectivity index (χ3n) is 3.93. The average Bonchev–Trinajstić information content (AvgIpc) is 3.04. The number of hydrogen-bond donors (Lipinski definition) is 1. The lowest BCUT2D eigenvalue weighted by atomic mass is 10.2. The molecule has 2 aromatic carbocycles. The van der Waals surface area contributed by atoms with Gasteiger partial charge in [-0.2, -0.15) is 0 Å². The molecule has 1 amide bonds. The Morgan fingerprint density at radius 3 is 2.65 bits per heavy atom. The Bertz CT molecular complexity index is 902. The second-order valence-corrected chi connectivity index (χ2v) is 7.68. The number of para-hydroxylation sites is 1. The molecule has 0 atom stereocenters. The van der Waals surface area contributed by atoms with Gasteiger partial charge >= 0.3 is 0 Å². The number of fused-ring (bicyclic) bond motifs is 1. The first-order valence-electron chi connectivity index (χ1n) is 8.43. The second kappa shape index (κ2) is 8.45. The van der Waals surface area contributed by atoms with Crippen LogP contribution < -0.4 is 9.80 Å². The number of aromatic nitrogens is 1. The van der Waals surface area contributed by atoms with Crippen LogP contribution in [0.25, 0.3) is 16.3 Å². The highest BCUT2D eigenvalue weighted by molar-refractivity contribution is 7.22. The third kappa shape index (κ3) is 4.49. The van der Waals surface area contributed by atoms with Crippen LogP contribution in [0.2, 0.25) is 5.02 Å². The SMILES string of the molecule is C[NH+](C)CCN(C(=O)/C=C/c1ccccc1Cl)c1nc2ccccc2s1. The van der Waals surface area contributed by atoms with Crippen LogP contribution in [0.4, 0.5) is 5.13 Å². The Morgan fingerprint density at radius 2 is 1.92 bits per heavy atom. The fourth-order valence-corrected chi connectivity index (χ4v) is 3.67. The number of nitrogens with zero attached hydrogens (tertiary/aromatic N) is 2. The number of halogens is 1. The molecule has 0 saturated heterocycles. The maximum absolute atomic E-state index is 12.9. The molecule has 3 aromatic rings. The standard InChI is InChI=1S/C20H20ClN3OS/c1-23(2)13-14-24(20-22-17-9-5-6-10-18(17)26-20)19(25)12-11-15-7-3-4-8-16(15)21/h3-12H,13-14H2,1-2H3/p+1/b12-11+. The zero-order valence-electron chi connectivity index (χ0n) is 14.8.